The van der Waals surface area contributed by atoms with Gasteiger partial charge in [0, 0.05) is 25.7 Å². The Bertz CT molecular complexity index is 245. The van der Waals surface area contributed by atoms with Gasteiger partial charge in [0.05, 0.1) is 6.61 Å². The monoisotopic (exact) mass is 226 g/mol. The molecule has 1 aliphatic carbocycles. The Balaban J connectivity index is 1.91. The van der Waals surface area contributed by atoms with E-state index >= 15 is 0 Å². The summed E-state index contributed by atoms with van der Waals surface area (Å²) in [5.74, 6) is 0.900. The van der Waals surface area contributed by atoms with Gasteiger partial charge >= 0.3 is 0 Å². The molecule has 1 amide bonds. The molecule has 4 nitrogen and oxygen atoms in total. The van der Waals surface area contributed by atoms with Crippen LogP contribution in [0.1, 0.15) is 26.7 Å². The molecule has 1 saturated carbocycles. The normalized spacial score (nSPS) is 25.8. The molecule has 2 aliphatic rings. The fraction of sp³-hybridized carbons (Fsp3) is 0.917. The van der Waals surface area contributed by atoms with E-state index in [1.165, 1.54) is 12.8 Å². The summed E-state index contributed by atoms with van der Waals surface area (Å²) in [5.41, 5.74) is 0. The lowest BCUT2D eigenvalue weighted by atomic mass is 10.2. The molecular weight excluding hydrogens is 204 g/mol. The smallest absolute Gasteiger partial charge is 0.253 e. The predicted molar refractivity (Wildman–Crippen MR) is 62.2 cm³/mol. The summed E-state index contributed by atoms with van der Waals surface area (Å²) in [5, 5.41) is 3.21. The van der Waals surface area contributed by atoms with Crippen molar-refractivity contribution in [2.45, 2.75) is 38.8 Å². The van der Waals surface area contributed by atoms with Crippen LogP contribution in [0.3, 0.4) is 0 Å². The number of hydrogen-bond donors (Lipinski definition) is 1. The number of ether oxygens (including phenoxy) is 1. The first-order chi connectivity index (χ1) is 7.68. The standard InChI is InChI=1S/C12H22N2O2/c1-9(2)14(8-10-3-4-10)12(15)11-7-13-5-6-16-11/h9-11,13H,3-8H2,1-2H3. The van der Waals surface area contributed by atoms with Gasteiger partial charge in [-0.2, -0.15) is 0 Å². The Morgan fingerprint density at radius 2 is 2.25 bits per heavy atom. The van der Waals surface area contributed by atoms with Gasteiger partial charge in [0.1, 0.15) is 6.10 Å². The van der Waals surface area contributed by atoms with E-state index < -0.39 is 0 Å². The lowest BCUT2D eigenvalue weighted by Gasteiger charge is -2.32. The Kier molecular flexibility index (Phi) is 3.82. The fourth-order valence-corrected chi connectivity index (χ4v) is 2.04. The first-order valence-electron chi connectivity index (χ1n) is 6.31. The number of nitrogens with one attached hydrogen (secondary N) is 1. The molecule has 1 N–H and O–H groups in total. The number of rotatable bonds is 4. The first-order valence-corrected chi connectivity index (χ1v) is 6.31. The molecule has 2 rings (SSSR count). The molecule has 1 heterocycles. The zero-order valence-electron chi connectivity index (χ0n) is 10.2. The molecule has 1 aliphatic heterocycles. The summed E-state index contributed by atoms with van der Waals surface area (Å²) in [6.45, 7) is 7.23. The van der Waals surface area contributed by atoms with Crippen LogP contribution in [0.4, 0.5) is 0 Å². The van der Waals surface area contributed by atoms with Gasteiger partial charge in [0.2, 0.25) is 0 Å². The number of amides is 1. The molecule has 0 aromatic heterocycles. The second kappa shape index (κ2) is 5.15. The molecule has 0 aromatic rings. The molecular formula is C12H22N2O2. The number of carbonyl (C=O) groups is 1. The summed E-state index contributed by atoms with van der Waals surface area (Å²) >= 11 is 0. The molecule has 0 bridgehead atoms. The van der Waals surface area contributed by atoms with Crippen LogP contribution in [-0.2, 0) is 9.53 Å². The SMILES string of the molecule is CC(C)N(CC1CC1)C(=O)C1CNCCO1. The summed E-state index contributed by atoms with van der Waals surface area (Å²) < 4.78 is 5.52. The van der Waals surface area contributed by atoms with Gasteiger partial charge in [-0.05, 0) is 32.6 Å². The van der Waals surface area contributed by atoms with E-state index in [0.29, 0.717) is 13.2 Å². The zero-order valence-corrected chi connectivity index (χ0v) is 10.2. The first kappa shape index (κ1) is 11.9. The molecule has 1 unspecified atom stereocenters. The largest absolute Gasteiger partial charge is 0.366 e. The molecule has 4 heteroatoms. The minimum absolute atomic E-state index is 0.161. The molecule has 92 valence electrons. The van der Waals surface area contributed by atoms with Gasteiger partial charge in [-0.25, -0.2) is 0 Å². The van der Waals surface area contributed by atoms with Crippen LogP contribution in [0.15, 0.2) is 0 Å². The molecule has 0 radical (unpaired) electrons. The number of carbonyl (C=O) groups excluding carboxylic acids is 1. The maximum absolute atomic E-state index is 12.3. The van der Waals surface area contributed by atoms with Gasteiger partial charge < -0.3 is 15.0 Å². The Morgan fingerprint density at radius 3 is 2.75 bits per heavy atom. The third kappa shape index (κ3) is 2.95. The topological polar surface area (TPSA) is 41.6 Å². The highest BCUT2D eigenvalue weighted by atomic mass is 16.5. The highest BCUT2D eigenvalue weighted by molar-refractivity contribution is 5.81. The quantitative estimate of drug-likeness (QED) is 0.764. The summed E-state index contributed by atoms with van der Waals surface area (Å²) in [7, 11) is 0. The maximum atomic E-state index is 12.3. The summed E-state index contributed by atoms with van der Waals surface area (Å²) in [4.78, 5) is 14.2. The van der Waals surface area contributed by atoms with E-state index in [4.69, 9.17) is 4.74 Å². The Labute approximate surface area is 97.3 Å². The van der Waals surface area contributed by atoms with Crippen molar-refractivity contribution in [2.75, 3.05) is 26.2 Å². The average Bonchev–Trinajstić information content (AvgIpc) is 3.09. The highest BCUT2D eigenvalue weighted by Gasteiger charge is 2.32. The van der Waals surface area contributed by atoms with E-state index in [-0.39, 0.29) is 18.1 Å². The van der Waals surface area contributed by atoms with Crippen molar-refractivity contribution in [1.82, 2.24) is 10.2 Å². The molecule has 1 atom stereocenters. The van der Waals surface area contributed by atoms with Gasteiger partial charge in [0.15, 0.2) is 0 Å². The average molecular weight is 226 g/mol. The maximum Gasteiger partial charge on any atom is 0.253 e. The lowest BCUT2D eigenvalue weighted by Crippen LogP contribution is -2.51. The third-order valence-electron chi connectivity index (χ3n) is 3.26. The molecule has 0 aromatic carbocycles. The summed E-state index contributed by atoms with van der Waals surface area (Å²) in [6, 6.07) is 0.277. The second-order valence-electron chi connectivity index (χ2n) is 5.09. The van der Waals surface area contributed by atoms with Crippen LogP contribution in [-0.4, -0.2) is 49.2 Å². The van der Waals surface area contributed by atoms with Gasteiger partial charge in [-0.3, -0.25) is 4.79 Å². The fourth-order valence-electron chi connectivity index (χ4n) is 2.04. The molecule has 16 heavy (non-hydrogen) atoms. The van der Waals surface area contributed by atoms with Crippen molar-refractivity contribution in [3.8, 4) is 0 Å². The summed E-state index contributed by atoms with van der Waals surface area (Å²) in [6.07, 6.45) is 2.29. The molecule has 0 spiro atoms. The minimum atomic E-state index is -0.269. The van der Waals surface area contributed by atoms with Crippen LogP contribution in [0.25, 0.3) is 0 Å². The van der Waals surface area contributed by atoms with Crippen molar-refractivity contribution < 1.29 is 9.53 Å². The van der Waals surface area contributed by atoms with Gasteiger partial charge in [-0.1, -0.05) is 0 Å². The van der Waals surface area contributed by atoms with Gasteiger partial charge in [0.25, 0.3) is 5.91 Å². The molecule has 2 fully saturated rings. The van der Waals surface area contributed by atoms with Crippen molar-refractivity contribution in [1.29, 1.82) is 0 Å². The van der Waals surface area contributed by atoms with Crippen LogP contribution in [0, 0.1) is 5.92 Å². The van der Waals surface area contributed by atoms with E-state index in [1.807, 2.05) is 4.90 Å². The van der Waals surface area contributed by atoms with Crippen molar-refractivity contribution in [3.05, 3.63) is 0 Å². The van der Waals surface area contributed by atoms with E-state index in [0.717, 1.165) is 19.0 Å². The zero-order chi connectivity index (χ0) is 11.5. The highest BCUT2D eigenvalue weighted by Crippen LogP contribution is 2.30. The lowest BCUT2D eigenvalue weighted by molar-refractivity contribution is -0.147. The molecule has 1 saturated heterocycles. The minimum Gasteiger partial charge on any atom is -0.366 e. The van der Waals surface area contributed by atoms with Crippen molar-refractivity contribution in [3.63, 3.8) is 0 Å². The van der Waals surface area contributed by atoms with Crippen LogP contribution < -0.4 is 5.32 Å². The van der Waals surface area contributed by atoms with E-state index in [2.05, 4.69) is 19.2 Å². The van der Waals surface area contributed by atoms with Crippen molar-refractivity contribution in [2.24, 2.45) is 5.92 Å². The van der Waals surface area contributed by atoms with Crippen molar-refractivity contribution >= 4 is 5.91 Å². The van der Waals surface area contributed by atoms with Gasteiger partial charge in [-0.15, -0.1) is 0 Å². The number of hydrogen-bond acceptors (Lipinski definition) is 3. The van der Waals surface area contributed by atoms with Crippen LogP contribution in [0.5, 0.6) is 0 Å². The predicted octanol–water partition coefficient (Wildman–Crippen LogP) is 0.622. The van der Waals surface area contributed by atoms with E-state index in [1.54, 1.807) is 0 Å². The van der Waals surface area contributed by atoms with Crippen LogP contribution >= 0.6 is 0 Å². The van der Waals surface area contributed by atoms with E-state index in [9.17, 15) is 4.79 Å². The Morgan fingerprint density at radius 1 is 1.50 bits per heavy atom. The number of morpholine rings is 1. The Hall–Kier alpha value is -0.610. The second-order valence-corrected chi connectivity index (χ2v) is 5.09. The third-order valence-corrected chi connectivity index (χ3v) is 3.26. The number of nitrogens with zero attached hydrogens (tertiary/aromatic N) is 1. The van der Waals surface area contributed by atoms with Crippen LogP contribution in [0.2, 0.25) is 0 Å².